The highest BCUT2D eigenvalue weighted by molar-refractivity contribution is 6.07. The van der Waals surface area contributed by atoms with E-state index in [1.54, 1.807) is 6.20 Å². The molecule has 1 aliphatic rings. The van der Waals surface area contributed by atoms with Crippen molar-refractivity contribution in [3.63, 3.8) is 0 Å². The summed E-state index contributed by atoms with van der Waals surface area (Å²) >= 11 is 0. The van der Waals surface area contributed by atoms with Crippen LogP contribution in [0.25, 0.3) is 10.9 Å². The average Bonchev–Trinajstić information content (AvgIpc) is 3.54. The van der Waals surface area contributed by atoms with E-state index in [1.807, 2.05) is 48.5 Å². The van der Waals surface area contributed by atoms with Gasteiger partial charge in [-0.15, -0.1) is 0 Å². The van der Waals surface area contributed by atoms with E-state index >= 15 is 0 Å². The van der Waals surface area contributed by atoms with Crippen molar-refractivity contribution in [3.05, 3.63) is 60.3 Å². The van der Waals surface area contributed by atoms with Gasteiger partial charge in [-0.3, -0.25) is 4.79 Å². The van der Waals surface area contributed by atoms with E-state index in [0.717, 1.165) is 61.3 Å². The third-order valence-corrected chi connectivity index (χ3v) is 4.75. The first kappa shape index (κ1) is 18.2. The minimum Gasteiger partial charge on any atom is -0.370 e. The van der Waals surface area contributed by atoms with Gasteiger partial charge in [0.05, 0.1) is 11.1 Å². The summed E-state index contributed by atoms with van der Waals surface area (Å²) in [4.78, 5) is 21.5. The first-order valence-corrected chi connectivity index (χ1v) is 9.89. The molecule has 0 aliphatic heterocycles. The van der Waals surface area contributed by atoms with E-state index in [2.05, 4.69) is 25.9 Å². The van der Waals surface area contributed by atoms with Crippen molar-refractivity contribution in [2.75, 3.05) is 23.7 Å². The number of amides is 1. The second-order valence-corrected chi connectivity index (χ2v) is 7.10. The van der Waals surface area contributed by atoms with E-state index in [-0.39, 0.29) is 5.91 Å². The average molecular weight is 375 g/mol. The Kier molecular flexibility index (Phi) is 5.66. The van der Waals surface area contributed by atoms with E-state index < -0.39 is 0 Å². The number of pyridine rings is 2. The van der Waals surface area contributed by atoms with Crippen LogP contribution in [0.4, 0.5) is 11.6 Å². The molecule has 3 N–H and O–H groups in total. The summed E-state index contributed by atoms with van der Waals surface area (Å²) in [6.07, 6.45) is 5.95. The lowest BCUT2D eigenvalue weighted by Gasteiger charge is -2.11. The zero-order valence-electron chi connectivity index (χ0n) is 15.8. The molecule has 0 spiro atoms. The van der Waals surface area contributed by atoms with Gasteiger partial charge in [0.2, 0.25) is 0 Å². The number of aromatic nitrogens is 2. The molecular weight excluding hydrogens is 350 g/mol. The van der Waals surface area contributed by atoms with E-state index in [1.165, 1.54) is 0 Å². The van der Waals surface area contributed by atoms with E-state index in [0.29, 0.717) is 11.6 Å². The molecule has 28 heavy (non-hydrogen) atoms. The van der Waals surface area contributed by atoms with Gasteiger partial charge >= 0.3 is 0 Å². The van der Waals surface area contributed by atoms with Crippen LogP contribution in [0.1, 0.15) is 36.0 Å². The molecule has 1 saturated carbocycles. The van der Waals surface area contributed by atoms with Gasteiger partial charge in [0, 0.05) is 30.7 Å². The number of nitrogens with zero attached hydrogens (tertiary/aromatic N) is 2. The number of para-hydroxylation sites is 1. The van der Waals surface area contributed by atoms with Crippen LogP contribution >= 0.6 is 0 Å². The van der Waals surface area contributed by atoms with Crippen LogP contribution in [-0.4, -0.2) is 35.0 Å². The molecule has 144 valence electrons. The number of hydrogen-bond acceptors (Lipinski definition) is 5. The SMILES string of the molecule is O=C(NC1CC1)c1cc(NCCCCNc2ccccn2)nc2ccccc12. The highest BCUT2D eigenvalue weighted by atomic mass is 16.1. The number of hydrogen-bond donors (Lipinski definition) is 3. The molecule has 0 radical (unpaired) electrons. The molecule has 0 unspecified atom stereocenters. The monoisotopic (exact) mass is 375 g/mol. The maximum Gasteiger partial charge on any atom is 0.252 e. The van der Waals surface area contributed by atoms with Gasteiger partial charge in [0.1, 0.15) is 11.6 Å². The van der Waals surface area contributed by atoms with E-state index in [4.69, 9.17) is 0 Å². The topological polar surface area (TPSA) is 78.9 Å². The van der Waals surface area contributed by atoms with Crippen LogP contribution < -0.4 is 16.0 Å². The number of rotatable bonds is 9. The van der Waals surface area contributed by atoms with Crippen molar-refractivity contribution < 1.29 is 4.79 Å². The van der Waals surface area contributed by atoms with Gasteiger partial charge in [0.15, 0.2) is 0 Å². The third kappa shape index (κ3) is 4.76. The number of nitrogens with one attached hydrogen (secondary N) is 3. The van der Waals surface area contributed by atoms with Crippen molar-refractivity contribution in [1.29, 1.82) is 0 Å². The van der Waals surface area contributed by atoms with Crippen molar-refractivity contribution in [2.45, 2.75) is 31.7 Å². The van der Waals surface area contributed by atoms with Crippen LogP contribution in [0.3, 0.4) is 0 Å². The summed E-state index contributed by atoms with van der Waals surface area (Å²) in [5.74, 6) is 1.64. The highest BCUT2D eigenvalue weighted by Gasteiger charge is 2.24. The lowest BCUT2D eigenvalue weighted by Crippen LogP contribution is -2.25. The van der Waals surface area contributed by atoms with Crippen LogP contribution in [0.15, 0.2) is 54.7 Å². The Morgan fingerprint density at radius 2 is 1.71 bits per heavy atom. The Labute approximate surface area is 164 Å². The molecule has 0 bridgehead atoms. The van der Waals surface area contributed by atoms with Crippen LogP contribution in [0.2, 0.25) is 0 Å². The number of unbranched alkanes of at least 4 members (excludes halogenated alkanes) is 1. The van der Waals surface area contributed by atoms with Gasteiger partial charge in [-0.2, -0.15) is 0 Å². The van der Waals surface area contributed by atoms with Crippen molar-refractivity contribution >= 4 is 28.4 Å². The summed E-state index contributed by atoms with van der Waals surface area (Å²) in [7, 11) is 0. The highest BCUT2D eigenvalue weighted by Crippen LogP contribution is 2.24. The minimum atomic E-state index is -0.0105. The Bertz CT molecular complexity index is 940. The van der Waals surface area contributed by atoms with Gasteiger partial charge < -0.3 is 16.0 Å². The molecule has 0 atom stereocenters. The Hall–Kier alpha value is -3.15. The fourth-order valence-corrected chi connectivity index (χ4v) is 3.09. The molecular formula is C22H25N5O. The maximum absolute atomic E-state index is 12.6. The Morgan fingerprint density at radius 3 is 2.46 bits per heavy atom. The molecule has 6 nitrogen and oxygen atoms in total. The summed E-state index contributed by atoms with van der Waals surface area (Å²) < 4.78 is 0. The van der Waals surface area contributed by atoms with Gasteiger partial charge in [-0.1, -0.05) is 24.3 Å². The predicted molar refractivity (Wildman–Crippen MR) is 113 cm³/mol. The van der Waals surface area contributed by atoms with Crippen LogP contribution in [0, 0.1) is 0 Å². The summed E-state index contributed by atoms with van der Waals surface area (Å²) in [6.45, 7) is 1.68. The first-order valence-electron chi connectivity index (χ1n) is 9.89. The van der Waals surface area contributed by atoms with Crippen LogP contribution in [0.5, 0.6) is 0 Å². The summed E-state index contributed by atoms with van der Waals surface area (Å²) in [6, 6.07) is 15.8. The lowest BCUT2D eigenvalue weighted by molar-refractivity contribution is 0.0952. The first-order chi connectivity index (χ1) is 13.8. The standard InChI is InChI=1S/C22H25N5O/c28-22(26-16-10-11-16)18-15-21(27-19-8-2-1-7-17(18)19)25-14-6-5-13-24-20-9-3-4-12-23-20/h1-4,7-9,12,15-16H,5-6,10-11,13-14H2,(H,23,24)(H,25,27)(H,26,28). The van der Waals surface area contributed by atoms with Gasteiger partial charge in [0.25, 0.3) is 5.91 Å². The van der Waals surface area contributed by atoms with Crippen molar-refractivity contribution in [1.82, 2.24) is 15.3 Å². The number of fused-ring (bicyclic) bond motifs is 1. The van der Waals surface area contributed by atoms with Crippen molar-refractivity contribution in [2.24, 2.45) is 0 Å². The molecule has 1 aromatic carbocycles. The van der Waals surface area contributed by atoms with Gasteiger partial charge in [-0.25, -0.2) is 9.97 Å². The summed E-state index contributed by atoms with van der Waals surface area (Å²) in [5, 5.41) is 10.6. The summed E-state index contributed by atoms with van der Waals surface area (Å²) in [5.41, 5.74) is 1.53. The number of carbonyl (C=O) groups excluding carboxylic acids is 1. The third-order valence-electron chi connectivity index (χ3n) is 4.75. The molecule has 2 aromatic heterocycles. The Morgan fingerprint density at radius 1 is 0.964 bits per heavy atom. The minimum absolute atomic E-state index is 0.0105. The molecule has 4 rings (SSSR count). The quantitative estimate of drug-likeness (QED) is 0.496. The van der Waals surface area contributed by atoms with Crippen LogP contribution in [-0.2, 0) is 0 Å². The molecule has 1 amide bonds. The lowest BCUT2D eigenvalue weighted by atomic mass is 10.1. The van der Waals surface area contributed by atoms with Crippen molar-refractivity contribution in [3.8, 4) is 0 Å². The fraction of sp³-hybridized carbons (Fsp3) is 0.318. The number of anilines is 2. The molecule has 0 saturated heterocycles. The zero-order valence-corrected chi connectivity index (χ0v) is 15.8. The zero-order chi connectivity index (χ0) is 19.2. The van der Waals surface area contributed by atoms with E-state index in [9.17, 15) is 4.79 Å². The second kappa shape index (κ2) is 8.69. The molecule has 3 aromatic rings. The molecule has 2 heterocycles. The molecule has 1 aliphatic carbocycles. The predicted octanol–water partition coefficient (Wildman–Crippen LogP) is 3.83. The smallest absolute Gasteiger partial charge is 0.252 e. The number of carbonyl (C=O) groups is 1. The second-order valence-electron chi connectivity index (χ2n) is 7.10. The largest absolute Gasteiger partial charge is 0.370 e. The molecule has 1 fully saturated rings. The number of benzene rings is 1. The Balaban J connectivity index is 1.33. The van der Waals surface area contributed by atoms with Gasteiger partial charge in [-0.05, 0) is 49.9 Å². The maximum atomic E-state index is 12.6. The molecule has 6 heteroatoms. The fourth-order valence-electron chi connectivity index (χ4n) is 3.09. The normalized spacial score (nSPS) is 13.3.